The maximum Gasteiger partial charge on any atom is 0.243 e. The zero-order chi connectivity index (χ0) is 15.9. The summed E-state index contributed by atoms with van der Waals surface area (Å²) in [5.41, 5.74) is 0. The lowest BCUT2D eigenvalue weighted by atomic mass is 10.4. The van der Waals surface area contributed by atoms with Crippen molar-refractivity contribution < 1.29 is 13.2 Å². The normalized spacial score (nSPS) is 10.7. The Kier molecular flexibility index (Phi) is 5.85. The lowest BCUT2D eigenvalue weighted by Gasteiger charge is -2.21. The lowest BCUT2D eigenvalue weighted by molar-refractivity contribution is -0.130. The minimum absolute atomic E-state index is 0.0763. The zero-order valence-corrected chi connectivity index (χ0v) is 12.2. The first-order chi connectivity index (χ1) is 9.93. The van der Waals surface area contributed by atoms with E-state index < -0.39 is 22.5 Å². The number of carbonyl (C=O) groups is 1. The molecule has 0 atom stereocenters. The molecule has 21 heavy (non-hydrogen) atoms. The van der Waals surface area contributed by atoms with E-state index in [0.29, 0.717) is 0 Å². The highest BCUT2D eigenvalue weighted by Crippen LogP contribution is 2.13. The van der Waals surface area contributed by atoms with Gasteiger partial charge in [-0.05, 0) is 12.1 Å². The van der Waals surface area contributed by atoms with E-state index in [4.69, 9.17) is 10.5 Å². The van der Waals surface area contributed by atoms with Gasteiger partial charge in [0.05, 0.1) is 23.6 Å². The van der Waals surface area contributed by atoms with Gasteiger partial charge < -0.3 is 4.90 Å². The van der Waals surface area contributed by atoms with E-state index in [9.17, 15) is 13.2 Å². The summed E-state index contributed by atoms with van der Waals surface area (Å²) >= 11 is 0. The first kappa shape index (κ1) is 16.6. The molecule has 0 aliphatic carbocycles. The van der Waals surface area contributed by atoms with Crippen molar-refractivity contribution in [3.63, 3.8) is 0 Å². The van der Waals surface area contributed by atoms with E-state index in [0.717, 1.165) is 9.21 Å². The number of sulfonamides is 1. The van der Waals surface area contributed by atoms with Crippen molar-refractivity contribution in [2.75, 3.05) is 26.7 Å². The maximum atomic E-state index is 12.2. The van der Waals surface area contributed by atoms with Gasteiger partial charge in [-0.25, -0.2) is 8.42 Å². The molecule has 0 fully saturated rings. The Labute approximate surface area is 123 Å². The summed E-state index contributed by atoms with van der Waals surface area (Å²) in [4.78, 5) is 13.0. The molecule has 0 heterocycles. The summed E-state index contributed by atoms with van der Waals surface area (Å²) in [5.74, 6) is -0.597. The Morgan fingerprint density at radius 3 is 2.14 bits per heavy atom. The second-order valence-electron chi connectivity index (χ2n) is 4.14. The minimum Gasteiger partial charge on any atom is -0.315 e. The van der Waals surface area contributed by atoms with Crippen molar-refractivity contribution >= 4 is 15.9 Å². The van der Waals surface area contributed by atoms with Gasteiger partial charge in [-0.1, -0.05) is 18.2 Å². The Morgan fingerprint density at radius 2 is 1.67 bits per heavy atom. The van der Waals surface area contributed by atoms with E-state index in [1.165, 1.54) is 19.2 Å². The second-order valence-corrected chi connectivity index (χ2v) is 6.19. The van der Waals surface area contributed by atoms with Crippen LogP contribution in [0, 0.1) is 22.7 Å². The molecule has 110 valence electrons. The third kappa shape index (κ3) is 4.28. The van der Waals surface area contributed by atoms with Gasteiger partial charge in [0.1, 0.15) is 13.1 Å². The summed E-state index contributed by atoms with van der Waals surface area (Å²) in [5, 5.41) is 17.2. The number of hydrogen-bond donors (Lipinski definition) is 0. The zero-order valence-electron chi connectivity index (χ0n) is 11.4. The summed E-state index contributed by atoms with van der Waals surface area (Å²) in [6, 6.07) is 11.2. The molecular weight excluding hydrogens is 292 g/mol. The number of rotatable bonds is 6. The molecule has 0 aliphatic rings. The number of benzene rings is 1. The smallest absolute Gasteiger partial charge is 0.243 e. The van der Waals surface area contributed by atoms with Crippen molar-refractivity contribution in [3.05, 3.63) is 30.3 Å². The fourth-order valence-electron chi connectivity index (χ4n) is 1.55. The molecule has 1 aromatic rings. The molecule has 0 radical (unpaired) electrons. The third-order valence-electron chi connectivity index (χ3n) is 2.69. The van der Waals surface area contributed by atoms with Crippen LogP contribution in [0.25, 0.3) is 0 Å². The molecule has 0 N–H and O–H groups in total. The number of hydrogen-bond acceptors (Lipinski definition) is 5. The van der Waals surface area contributed by atoms with E-state index in [2.05, 4.69) is 0 Å². The highest BCUT2D eigenvalue weighted by molar-refractivity contribution is 7.89. The molecule has 1 amide bonds. The molecule has 0 bridgehead atoms. The second kappa shape index (κ2) is 7.39. The summed E-state index contributed by atoms with van der Waals surface area (Å²) in [6.45, 7) is -0.947. The van der Waals surface area contributed by atoms with E-state index >= 15 is 0 Å². The molecule has 0 unspecified atom stereocenters. The fraction of sp³-hybridized carbons (Fsp3) is 0.308. The Bertz CT molecular complexity index is 658. The molecular formula is C13H14N4O3S. The molecule has 0 saturated heterocycles. The van der Waals surface area contributed by atoms with Crippen LogP contribution >= 0.6 is 0 Å². The van der Waals surface area contributed by atoms with Gasteiger partial charge in [-0.2, -0.15) is 14.8 Å². The van der Waals surface area contributed by atoms with Crippen LogP contribution < -0.4 is 0 Å². The Balaban J connectivity index is 2.86. The summed E-state index contributed by atoms with van der Waals surface area (Å²) in [7, 11) is -2.50. The number of likely N-dealkylation sites (N-methyl/N-ethyl adjacent to an activating group) is 1. The first-order valence-corrected chi connectivity index (χ1v) is 7.40. The van der Waals surface area contributed by atoms with E-state index in [-0.39, 0.29) is 18.0 Å². The van der Waals surface area contributed by atoms with Crippen LogP contribution in [0.4, 0.5) is 0 Å². The molecule has 0 aromatic heterocycles. The van der Waals surface area contributed by atoms with Gasteiger partial charge in [0.25, 0.3) is 0 Å². The number of carbonyl (C=O) groups excluding carboxylic acids is 1. The Hall–Kier alpha value is -2.42. The molecule has 0 saturated carbocycles. The third-order valence-corrected chi connectivity index (χ3v) is 4.50. The van der Waals surface area contributed by atoms with Crippen molar-refractivity contribution in [1.29, 1.82) is 10.5 Å². The summed E-state index contributed by atoms with van der Waals surface area (Å²) in [6.07, 6.45) is 0. The van der Waals surface area contributed by atoms with Crippen LogP contribution in [0.1, 0.15) is 0 Å². The molecule has 1 aromatic carbocycles. The van der Waals surface area contributed by atoms with Crippen LogP contribution in [-0.2, 0) is 14.8 Å². The number of nitrogens with zero attached hydrogens (tertiary/aromatic N) is 4. The van der Waals surface area contributed by atoms with Gasteiger partial charge in [-0.3, -0.25) is 4.79 Å². The first-order valence-electron chi connectivity index (χ1n) is 5.96. The van der Waals surface area contributed by atoms with Gasteiger partial charge >= 0.3 is 0 Å². The predicted octanol–water partition coefficient (Wildman–Crippen LogP) is 0.183. The highest BCUT2D eigenvalue weighted by Gasteiger charge is 2.24. The van der Waals surface area contributed by atoms with Gasteiger partial charge in [0, 0.05) is 7.05 Å². The minimum atomic E-state index is -3.78. The van der Waals surface area contributed by atoms with Gasteiger partial charge in [0.2, 0.25) is 15.9 Å². The van der Waals surface area contributed by atoms with Crippen LogP contribution in [0.5, 0.6) is 0 Å². The molecule has 0 spiro atoms. The Morgan fingerprint density at radius 1 is 1.14 bits per heavy atom. The maximum absolute atomic E-state index is 12.2. The lowest BCUT2D eigenvalue weighted by Crippen LogP contribution is -2.41. The molecule has 1 rings (SSSR count). The van der Waals surface area contributed by atoms with Crippen molar-refractivity contribution in [2.45, 2.75) is 4.90 Å². The van der Waals surface area contributed by atoms with Gasteiger partial charge in [0.15, 0.2) is 0 Å². The topological polar surface area (TPSA) is 105 Å². The van der Waals surface area contributed by atoms with Gasteiger partial charge in [-0.15, -0.1) is 0 Å². The van der Waals surface area contributed by atoms with Crippen molar-refractivity contribution in [3.8, 4) is 12.1 Å². The van der Waals surface area contributed by atoms with Crippen LogP contribution in [0.15, 0.2) is 35.2 Å². The molecule has 8 heteroatoms. The predicted molar refractivity (Wildman–Crippen MR) is 74.1 cm³/mol. The standard InChI is InChI=1S/C13H14N4O3S/c1-16(11-13(18)17(9-7-14)10-8-15)21(19,20)12-5-3-2-4-6-12/h2-6H,9-11H2,1H3. The molecule has 7 nitrogen and oxygen atoms in total. The average molecular weight is 306 g/mol. The highest BCUT2D eigenvalue weighted by atomic mass is 32.2. The number of amides is 1. The number of nitriles is 2. The fourth-order valence-corrected chi connectivity index (χ4v) is 2.69. The molecule has 0 aliphatic heterocycles. The summed E-state index contributed by atoms with van der Waals surface area (Å²) < 4.78 is 25.4. The quantitative estimate of drug-likeness (QED) is 0.697. The average Bonchev–Trinajstić information content (AvgIpc) is 2.47. The van der Waals surface area contributed by atoms with E-state index in [1.807, 2.05) is 0 Å². The monoisotopic (exact) mass is 306 g/mol. The SMILES string of the molecule is CN(CC(=O)N(CC#N)CC#N)S(=O)(=O)c1ccccc1. The van der Waals surface area contributed by atoms with E-state index in [1.54, 1.807) is 30.3 Å². The van der Waals surface area contributed by atoms with Crippen molar-refractivity contribution in [1.82, 2.24) is 9.21 Å². The van der Waals surface area contributed by atoms with Crippen molar-refractivity contribution in [2.24, 2.45) is 0 Å². The van der Waals surface area contributed by atoms with Crippen LogP contribution in [0.2, 0.25) is 0 Å². The van der Waals surface area contributed by atoms with Crippen LogP contribution in [0.3, 0.4) is 0 Å². The van der Waals surface area contributed by atoms with Crippen LogP contribution in [-0.4, -0.2) is 50.2 Å². The largest absolute Gasteiger partial charge is 0.315 e.